The Morgan fingerprint density at radius 1 is 1.30 bits per heavy atom. The maximum Gasteiger partial charge on any atom is 0.251 e. The van der Waals surface area contributed by atoms with Crippen molar-refractivity contribution in [3.63, 3.8) is 0 Å². The van der Waals surface area contributed by atoms with Crippen LogP contribution in [0, 0.1) is 17.7 Å². The summed E-state index contributed by atoms with van der Waals surface area (Å²) >= 11 is 0. The number of halogens is 1. The Balaban J connectivity index is 1.57. The molecular weight excluding hydrogens is 295 g/mol. The van der Waals surface area contributed by atoms with E-state index in [4.69, 9.17) is 10.5 Å². The van der Waals surface area contributed by atoms with Gasteiger partial charge in [-0.05, 0) is 68.6 Å². The molecule has 1 aromatic carbocycles. The third-order valence-electron chi connectivity index (χ3n) is 5.90. The van der Waals surface area contributed by atoms with Crippen molar-refractivity contribution in [3.8, 4) is 5.75 Å². The minimum atomic E-state index is -0.459. The number of hydrogen-bond acceptors (Lipinski definition) is 3. The zero-order chi connectivity index (χ0) is 16.2. The van der Waals surface area contributed by atoms with Crippen molar-refractivity contribution in [2.75, 3.05) is 7.11 Å². The average molecular weight is 318 g/mol. The van der Waals surface area contributed by atoms with Crippen LogP contribution >= 0.6 is 0 Å². The molecule has 0 spiro atoms. The fraction of sp³-hybridized carbons (Fsp3) is 0.611. The highest BCUT2D eigenvalue weighted by Gasteiger charge is 2.56. The first-order valence-corrected chi connectivity index (χ1v) is 8.35. The van der Waals surface area contributed by atoms with E-state index in [1.165, 1.54) is 31.7 Å². The lowest BCUT2D eigenvalue weighted by atomic mass is 9.50. The van der Waals surface area contributed by atoms with Crippen molar-refractivity contribution in [1.82, 2.24) is 5.32 Å². The fourth-order valence-corrected chi connectivity index (χ4v) is 5.59. The number of carbonyl (C=O) groups excluding carboxylic acids is 1. The second kappa shape index (κ2) is 4.94. The van der Waals surface area contributed by atoms with E-state index in [2.05, 4.69) is 5.32 Å². The number of benzene rings is 1. The molecule has 2 unspecified atom stereocenters. The van der Waals surface area contributed by atoms with Gasteiger partial charge in [0.2, 0.25) is 0 Å². The smallest absolute Gasteiger partial charge is 0.251 e. The van der Waals surface area contributed by atoms with Gasteiger partial charge in [0.1, 0.15) is 0 Å². The molecule has 1 aromatic rings. The molecule has 2 atom stereocenters. The summed E-state index contributed by atoms with van der Waals surface area (Å²) in [5.74, 6) is 0.737. The monoisotopic (exact) mass is 318 g/mol. The fourth-order valence-electron chi connectivity index (χ4n) is 5.59. The summed E-state index contributed by atoms with van der Waals surface area (Å²) in [5.41, 5.74) is 6.70. The van der Waals surface area contributed by atoms with Crippen LogP contribution in [-0.2, 0) is 0 Å². The topological polar surface area (TPSA) is 64.3 Å². The number of carbonyl (C=O) groups is 1. The van der Waals surface area contributed by atoms with Gasteiger partial charge in [0.25, 0.3) is 5.91 Å². The van der Waals surface area contributed by atoms with Crippen molar-refractivity contribution in [2.45, 2.75) is 49.6 Å². The van der Waals surface area contributed by atoms with Gasteiger partial charge in [0, 0.05) is 16.6 Å². The van der Waals surface area contributed by atoms with Crippen LogP contribution in [0.4, 0.5) is 4.39 Å². The van der Waals surface area contributed by atoms with Crippen LogP contribution in [0.2, 0.25) is 0 Å². The Morgan fingerprint density at radius 3 is 2.61 bits per heavy atom. The maximum atomic E-state index is 13.5. The number of rotatable bonds is 3. The maximum absolute atomic E-state index is 13.5. The van der Waals surface area contributed by atoms with E-state index >= 15 is 0 Å². The highest BCUT2D eigenvalue weighted by Crippen LogP contribution is 2.56. The van der Waals surface area contributed by atoms with E-state index in [0.717, 1.165) is 32.1 Å². The second-order valence-corrected chi connectivity index (χ2v) is 7.91. The molecule has 4 saturated carbocycles. The van der Waals surface area contributed by atoms with Crippen LogP contribution in [0.25, 0.3) is 0 Å². The molecule has 23 heavy (non-hydrogen) atoms. The predicted octanol–water partition coefficient (Wildman–Crippen LogP) is 2.61. The highest BCUT2D eigenvalue weighted by atomic mass is 19.1. The number of ether oxygens (including phenoxy) is 1. The van der Waals surface area contributed by atoms with Crippen LogP contribution in [0.15, 0.2) is 18.2 Å². The minimum Gasteiger partial charge on any atom is -0.494 e. The molecule has 4 fully saturated rings. The summed E-state index contributed by atoms with van der Waals surface area (Å²) in [6.45, 7) is 0. The van der Waals surface area contributed by atoms with E-state index in [0.29, 0.717) is 17.4 Å². The van der Waals surface area contributed by atoms with Crippen LogP contribution in [-0.4, -0.2) is 24.1 Å². The van der Waals surface area contributed by atoms with Gasteiger partial charge in [-0.15, -0.1) is 0 Å². The quantitative estimate of drug-likeness (QED) is 0.900. The molecule has 4 nitrogen and oxygen atoms in total. The predicted molar refractivity (Wildman–Crippen MR) is 84.7 cm³/mol. The summed E-state index contributed by atoms with van der Waals surface area (Å²) < 4.78 is 18.5. The van der Waals surface area contributed by atoms with Gasteiger partial charge in [-0.2, -0.15) is 0 Å². The lowest BCUT2D eigenvalue weighted by molar-refractivity contribution is -0.0320. The molecule has 0 radical (unpaired) electrons. The Hall–Kier alpha value is -1.62. The number of nitrogens with one attached hydrogen (secondary N) is 1. The molecular formula is C18H23FN2O2. The lowest BCUT2D eigenvalue weighted by Gasteiger charge is -2.61. The molecule has 1 amide bonds. The molecule has 0 aliphatic heterocycles. The molecule has 5 heteroatoms. The molecule has 3 N–H and O–H groups in total. The first-order valence-electron chi connectivity index (χ1n) is 8.35. The van der Waals surface area contributed by atoms with Crippen molar-refractivity contribution in [2.24, 2.45) is 17.6 Å². The summed E-state index contributed by atoms with van der Waals surface area (Å²) in [7, 11) is 1.40. The van der Waals surface area contributed by atoms with Gasteiger partial charge in [0.15, 0.2) is 11.6 Å². The van der Waals surface area contributed by atoms with E-state index in [-0.39, 0.29) is 22.7 Å². The van der Waals surface area contributed by atoms with Gasteiger partial charge < -0.3 is 15.8 Å². The normalized spacial score (nSPS) is 37.7. The molecule has 4 aliphatic carbocycles. The van der Waals surface area contributed by atoms with Crippen molar-refractivity contribution in [3.05, 3.63) is 29.6 Å². The number of nitrogens with two attached hydrogens (primary N) is 1. The number of methoxy groups -OCH3 is 1. The highest BCUT2D eigenvalue weighted by molar-refractivity contribution is 5.95. The minimum absolute atomic E-state index is 0.0958. The number of hydrogen-bond donors (Lipinski definition) is 2. The largest absolute Gasteiger partial charge is 0.494 e. The zero-order valence-electron chi connectivity index (χ0n) is 13.4. The van der Waals surface area contributed by atoms with Gasteiger partial charge in [0.05, 0.1) is 7.11 Å². The Morgan fingerprint density at radius 2 is 2.00 bits per heavy atom. The van der Waals surface area contributed by atoms with Crippen molar-refractivity contribution in [1.29, 1.82) is 0 Å². The molecule has 5 rings (SSSR count). The first-order chi connectivity index (χ1) is 10.9. The third kappa shape index (κ3) is 2.51. The van der Waals surface area contributed by atoms with Crippen LogP contribution < -0.4 is 15.8 Å². The van der Waals surface area contributed by atoms with E-state index in [1.54, 1.807) is 0 Å². The Bertz CT molecular complexity index is 646. The zero-order valence-corrected chi connectivity index (χ0v) is 13.4. The van der Waals surface area contributed by atoms with E-state index in [1.807, 2.05) is 0 Å². The molecule has 4 aliphatic rings. The van der Waals surface area contributed by atoms with Crippen molar-refractivity contribution >= 4 is 5.91 Å². The summed E-state index contributed by atoms with van der Waals surface area (Å²) in [6, 6.07) is 4.24. The van der Waals surface area contributed by atoms with E-state index in [9.17, 15) is 9.18 Å². The van der Waals surface area contributed by atoms with Crippen LogP contribution in [0.3, 0.4) is 0 Å². The van der Waals surface area contributed by atoms with Gasteiger partial charge in [-0.25, -0.2) is 4.39 Å². The average Bonchev–Trinajstić information content (AvgIpc) is 2.44. The van der Waals surface area contributed by atoms with Crippen LogP contribution in [0.1, 0.15) is 48.9 Å². The third-order valence-corrected chi connectivity index (χ3v) is 5.90. The molecule has 0 heterocycles. The second-order valence-electron chi connectivity index (χ2n) is 7.91. The Labute approximate surface area is 135 Å². The summed E-state index contributed by atoms with van der Waals surface area (Å²) in [6.07, 6.45) is 6.33. The SMILES string of the molecule is COc1cc(C(=O)NC23CC4CC(CC(N)(C4)C2)C3)ccc1F. The van der Waals surface area contributed by atoms with Crippen LogP contribution in [0.5, 0.6) is 5.75 Å². The van der Waals surface area contributed by atoms with Gasteiger partial charge >= 0.3 is 0 Å². The molecule has 124 valence electrons. The Kier molecular flexibility index (Phi) is 3.21. The van der Waals surface area contributed by atoms with E-state index < -0.39 is 5.82 Å². The van der Waals surface area contributed by atoms with Gasteiger partial charge in [-0.1, -0.05) is 0 Å². The summed E-state index contributed by atoms with van der Waals surface area (Å²) in [5, 5.41) is 3.24. The lowest BCUT2D eigenvalue weighted by Crippen LogP contribution is -2.68. The van der Waals surface area contributed by atoms with Crippen molar-refractivity contribution < 1.29 is 13.9 Å². The molecule has 0 aromatic heterocycles. The number of amides is 1. The standard InChI is InChI=1S/C18H23FN2O2/c1-23-15-5-13(2-3-14(15)19)16(22)21-18-8-11-4-12(9-18)7-17(20,6-11)10-18/h2-3,5,11-12H,4,6-10,20H2,1H3,(H,21,22). The molecule has 4 bridgehead atoms. The molecule has 0 saturated heterocycles. The summed E-state index contributed by atoms with van der Waals surface area (Å²) in [4.78, 5) is 12.7. The van der Waals surface area contributed by atoms with Gasteiger partial charge in [-0.3, -0.25) is 4.79 Å². The first kappa shape index (κ1) is 14.9.